The second-order valence-electron chi connectivity index (χ2n) is 13.7. The van der Waals surface area contributed by atoms with E-state index in [1.54, 1.807) is 17.0 Å². The van der Waals surface area contributed by atoms with Crippen LogP contribution in [0.2, 0.25) is 0 Å². The molecule has 2 bridgehead atoms. The van der Waals surface area contributed by atoms with Gasteiger partial charge in [0.2, 0.25) is 5.91 Å². The highest BCUT2D eigenvalue weighted by Gasteiger charge is 2.42. The fourth-order valence-corrected chi connectivity index (χ4v) is 7.59. The van der Waals surface area contributed by atoms with Crippen LogP contribution < -0.4 is 10.2 Å². The second-order valence-corrected chi connectivity index (χ2v) is 13.7. The van der Waals surface area contributed by atoms with Gasteiger partial charge in [0.1, 0.15) is 11.6 Å². The molecule has 6 rings (SSSR count). The molecule has 0 radical (unpaired) electrons. The number of hydrogen-bond acceptors (Lipinski definition) is 4. The highest BCUT2D eigenvalue weighted by atomic mass is 19.1. The number of nitrogens with one attached hydrogen (secondary N) is 1. The van der Waals surface area contributed by atoms with Crippen molar-refractivity contribution in [2.45, 2.75) is 90.9 Å². The summed E-state index contributed by atoms with van der Waals surface area (Å²) < 4.78 is 15.9. The van der Waals surface area contributed by atoms with Crippen LogP contribution in [0.25, 0.3) is 0 Å². The third-order valence-electron chi connectivity index (χ3n) is 9.59. The molecule has 3 aromatic rings. The Labute approximate surface area is 260 Å². The number of rotatable bonds is 7. The number of carbonyl (C=O) groups is 2. The minimum absolute atomic E-state index is 0.195. The van der Waals surface area contributed by atoms with Crippen LogP contribution in [0.1, 0.15) is 76.1 Å². The number of piperidine rings is 1. The normalized spacial score (nSPS) is 21.7. The van der Waals surface area contributed by atoms with Crippen molar-refractivity contribution >= 4 is 23.3 Å². The van der Waals surface area contributed by atoms with Gasteiger partial charge in [-0.1, -0.05) is 39.0 Å². The van der Waals surface area contributed by atoms with E-state index in [1.807, 2.05) is 56.0 Å². The molecule has 0 aliphatic carbocycles. The fourth-order valence-electron chi connectivity index (χ4n) is 7.59. The van der Waals surface area contributed by atoms with Gasteiger partial charge >= 0.3 is 6.03 Å². The molecular weight excluding hydrogens is 555 g/mol. The molecule has 0 unspecified atom stereocenters. The molecule has 8 nitrogen and oxygen atoms in total. The summed E-state index contributed by atoms with van der Waals surface area (Å²) in [7, 11) is 0. The quantitative estimate of drug-likeness (QED) is 0.334. The number of hydrogen-bond donors (Lipinski definition) is 1. The Morgan fingerprint density at radius 1 is 1.00 bits per heavy atom. The highest BCUT2D eigenvalue weighted by molar-refractivity contribution is 6.01. The summed E-state index contributed by atoms with van der Waals surface area (Å²) in [5.41, 5.74) is 3.43. The molecule has 2 fully saturated rings. The Kier molecular flexibility index (Phi) is 8.51. The molecule has 0 saturated carbocycles. The summed E-state index contributed by atoms with van der Waals surface area (Å²) >= 11 is 0. The van der Waals surface area contributed by atoms with E-state index in [9.17, 15) is 14.0 Å². The van der Waals surface area contributed by atoms with Crippen LogP contribution in [0.3, 0.4) is 0 Å². The third-order valence-corrected chi connectivity index (χ3v) is 9.59. The Balaban J connectivity index is 1.09. The summed E-state index contributed by atoms with van der Waals surface area (Å²) in [4.78, 5) is 37.7. The number of nitrogens with zero attached hydrogens (tertiary/aromatic N) is 5. The van der Waals surface area contributed by atoms with Gasteiger partial charge in [-0.05, 0) is 75.4 Å². The van der Waals surface area contributed by atoms with Gasteiger partial charge in [-0.25, -0.2) is 14.2 Å². The van der Waals surface area contributed by atoms with Crippen LogP contribution in [0.4, 0.5) is 20.6 Å². The number of halogens is 1. The maximum atomic E-state index is 13.4. The average Bonchev–Trinajstić information content (AvgIpc) is 3.45. The Morgan fingerprint density at radius 2 is 1.68 bits per heavy atom. The molecule has 2 atom stereocenters. The van der Waals surface area contributed by atoms with Gasteiger partial charge in [0, 0.05) is 66.7 Å². The predicted molar refractivity (Wildman–Crippen MR) is 171 cm³/mol. The lowest BCUT2D eigenvalue weighted by Gasteiger charge is -2.41. The number of carbonyl (C=O) groups excluding carboxylic acids is 2. The second kappa shape index (κ2) is 12.3. The minimum atomic E-state index is -0.383. The molecular formula is C35H45FN6O2. The molecule has 0 spiro atoms. The third kappa shape index (κ3) is 6.25. The number of anilines is 2. The predicted octanol–water partition coefficient (Wildman–Crippen LogP) is 6.56. The van der Waals surface area contributed by atoms with Crippen LogP contribution in [0.5, 0.6) is 0 Å². The van der Waals surface area contributed by atoms with Crippen LogP contribution in [-0.4, -0.2) is 63.0 Å². The highest BCUT2D eigenvalue weighted by Crippen LogP contribution is 2.42. The van der Waals surface area contributed by atoms with Crippen molar-refractivity contribution in [2.75, 3.05) is 29.9 Å². The summed E-state index contributed by atoms with van der Waals surface area (Å²) in [5, 5.41) is 2.93. The zero-order valence-electron chi connectivity index (χ0n) is 26.4. The monoisotopic (exact) mass is 600 g/mol. The molecule has 1 aromatic heterocycles. The van der Waals surface area contributed by atoms with Gasteiger partial charge < -0.3 is 14.8 Å². The first-order valence-electron chi connectivity index (χ1n) is 16.1. The van der Waals surface area contributed by atoms with Gasteiger partial charge in [-0.15, -0.1) is 0 Å². The van der Waals surface area contributed by atoms with Crippen LogP contribution in [0, 0.1) is 18.2 Å². The largest absolute Gasteiger partial charge is 0.336 e. The molecule has 4 heterocycles. The maximum absolute atomic E-state index is 13.4. The van der Waals surface area contributed by atoms with E-state index in [-0.39, 0.29) is 23.2 Å². The zero-order valence-corrected chi connectivity index (χ0v) is 26.4. The standard InChI is InChI=1S/C35H45FN6O2/c1-24-37-31-23-39(33(43)35(2,3)4)20-17-32(31)42(24)30-21-28-15-16-29(22-30)40(28)18-8-19-41(27-9-6-5-7-10-27)34(44)38-26-13-11-25(36)12-14-26/h5-7,9-14,28-30H,8,15-23H2,1-4H3,(H,38,44)/t28-,29-/m1/s1. The van der Waals surface area contributed by atoms with Crippen molar-refractivity contribution in [3.8, 4) is 0 Å². The van der Waals surface area contributed by atoms with Crippen LogP contribution in [0.15, 0.2) is 54.6 Å². The molecule has 44 heavy (non-hydrogen) atoms. The maximum Gasteiger partial charge on any atom is 0.326 e. The van der Waals surface area contributed by atoms with Gasteiger partial charge in [0.25, 0.3) is 0 Å². The van der Waals surface area contributed by atoms with E-state index in [1.165, 1.54) is 30.7 Å². The summed E-state index contributed by atoms with van der Waals surface area (Å²) in [6, 6.07) is 16.9. The van der Waals surface area contributed by atoms with Gasteiger partial charge in [-0.2, -0.15) is 0 Å². The van der Waals surface area contributed by atoms with E-state index in [0.717, 1.165) is 56.0 Å². The summed E-state index contributed by atoms with van der Waals surface area (Å²) in [5.74, 6) is 0.938. The number of para-hydroxylation sites is 1. The van der Waals surface area contributed by atoms with Crippen molar-refractivity contribution in [2.24, 2.45) is 5.41 Å². The summed E-state index contributed by atoms with van der Waals surface area (Å²) in [6.45, 7) is 11.0. The Hall–Kier alpha value is -3.72. The van der Waals surface area contributed by atoms with Crippen molar-refractivity contribution < 1.29 is 14.0 Å². The van der Waals surface area contributed by atoms with Crippen molar-refractivity contribution in [3.05, 3.63) is 77.6 Å². The van der Waals surface area contributed by atoms with E-state index < -0.39 is 0 Å². The molecule has 234 valence electrons. The first-order valence-corrected chi connectivity index (χ1v) is 16.1. The summed E-state index contributed by atoms with van der Waals surface area (Å²) in [6.07, 6.45) is 6.36. The number of aromatic nitrogens is 2. The molecule has 9 heteroatoms. The number of urea groups is 1. The number of aryl methyl sites for hydroxylation is 1. The minimum Gasteiger partial charge on any atom is -0.336 e. The number of benzene rings is 2. The van der Waals surface area contributed by atoms with Crippen LogP contribution in [-0.2, 0) is 17.8 Å². The Bertz CT molecular complexity index is 1470. The van der Waals surface area contributed by atoms with Gasteiger partial charge in [0.15, 0.2) is 0 Å². The molecule has 2 aromatic carbocycles. The molecule has 3 amide bonds. The topological polar surface area (TPSA) is 73.7 Å². The van der Waals surface area contributed by atoms with E-state index >= 15 is 0 Å². The Morgan fingerprint density at radius 3 is 2.34 bits per heavy atom. The zero-order chi connectivity index (χ0) is 31.0. The average molecular weight is 601 g/mol. The van der Waals surface area contributed by atoms with E-state index in [0.29, 0.717) is 36.9 Å². The van der Waals surface area contributed by atoms with Gasteiger partial charge in [-0.3, -0.25) is 14.6 Å². The van der Waals surface area contributed by atoms with E-state index in [2.05, 4.69) is 21.7 Å². The molecule has 1 N–H and O–H groups in total. The van der Waals surface area contributed by atoms with Crippen LogP contribution >= 0.6 is 0 Å². The lowest BCUT2D eigenvalue weighted by molar-refractivity contribution is -0.140. The number of imidazole rings is 1. The number of fused-ring (bicyclic) bond motifs is 3. The lowest BCUT2D eigenvalue weighted by Crippen LogP contribution is -2.46. The fraction of sp³-hybridized carbons (Fsp3) is 0.514. The molecule has 3 aliphatic rings. The van der Waals surface area contributed by atoms with Gasteiger partial charge in [0.05, 0.1) is 12.2 Å². The van der Waals surface area contributed by atoms with Crippen molar-refractivity contribution in [1.82, 2.24) is 19.4 Å². The first-order chi connectivity index (χ1) is 21.1. The van der Waals surface area contributed by atoms with Crippen molar-refractivity contribution in [3.63, 3.8) is 0 Å². The molecule has 3 aliphatic heterocycles. The number of amides is 3. The SMILES string of the molecule is Cc1nc2c(n1C1C[C@H]3CC[C@H](C1)N3CCCN(C(=O)Nc1ccc(F)cc1)c1ccccc1)CCN(C(=O)C(C)(C)C)C2. The molecule has 2 saturated heterocycles. The van der Waals surface area contributed by atoms with E-state index in [4.69, 9.17) is 4.98 Å². The van der Waals surface area contributed by atoms with Crippen molar-refractivity contribution in [1.29, 1.82) is 0 Å². The smallest absolute Gasteiger partial charge is 0.326 e. The first kappa shape index (κ1) is 30.3. The lowest BCUT2D eigenvalue weighted by atomic mass is 9.93.